The van der Waals surface area contributed by atoms with E-state index in [0.717, 1.165) is 20.7 Å². The van der Waals surface area contributed by atoms with E-state index in [1.54, 1.807) is 31.4 Å². The van der Waals surface area contributed by atoms with Crippen LogP contribution in [0.15, 0.2) is 71.6 Å². The van der Waals surface area contributed by atoms with Crippen molar-refractivity contribution in [2.24, 2.45) is 0 Å². The van der Waals surface area contributed by atoms with Gasteiger partial charge in [0.15, 0.2) is 5.13 Å². The van der Waals surface area contributed by atoms with E-state index in [-0.39, 0.29) is 17.1 Å². The second-order valence-corrected chi connectivity index (χ2v) is 9.89. The van der Waals surface area contributed by atoms with Crippen LogP contribution in [0.4, 0.5) is 10.8 Å². The third-order valence-electron chi connectivity index (χ3n) is 4.90. The van der Waals surface area contributed by atoms with Crippen molar-refractivity contribution >= 4 is 55.9 Å². The lowest BCUT2D eigenvalue weighted by atomic mass is 10.2. The molecule has 168 valence electrons. The van der Waals surface area contributed by atoms with E-state index < -0.39 is 0 Å². The highest BCUT2D eigenvalue weighted by atomic mass is 32.2. The smallest absolute Gasteiger partial charge is 0.255 e. The fourth-order valence-corrected chi connectivity index (χ4v) is 4.97. The Morgan fingerprint density at radius 1 is 1.03 bits per heavy atom. The predicted octanol–water partition coefficient (Wildman–Crippen LogP) is 5.98. The van der Waals surface area contributed by atoms with Gasteiger partial charge in [-0.15, -0.1) is 11.8 Å². The van der Waals surface area contributed by atoms with Gasteiger partial charge in [0, 0.05) is 16.1 Å². The van der Waals surface area contributed by atoms with Crippen molar-refractivity contribution < 1.29 is 14.3 Å². The molecule has 0 spiro atoms. The zero-order valence-electron chi connectivity index (χ0n) is 18.4. The maximum absolute atomic E-state index is 12.6. The maximum atomic E-state index is 12.6. The number of thioether (sulfide) groups is 1. The molecule has 3 aromatic carbocycles. The third-order valence-corrected chi connectivity index (χ3v) is 6.95. The van der Waals surface area contributed by atoms with E-state index in [1.165, 1.54) is 23.1 Å². The van der Waals surface area contributed by atoms with E-state index in [0.29, 0.717) is 22.1 Å². The number of rotatable bonds is 7. The Labute approximate surface area is 200 Å². The molecule has 0 saturated carbocycles. The highest BCUT2D eigenvalue weighted by Gasteiger charge is 2.17. The van der Waals surface area contributed by atoms with Gasteiger partial charge in [0.05, 0.1) is 22.6 Å². The highest BCUT2D eigenvalue weighted by Crippen LogP contribution is 2.29. The number of carbonyl (C=O) groups is 2. The summed E-state index contributed by atoms with van der Waals surface area (Å²) in [6.07, 6.45) is 0. The van der Waals surface area contributed by atoms with Crippen LogP contribution >= 0.6 is 23.1 Å². The lowest BCUT2D eigenvalue weighted by molar-refractivity contribution is -0.115. The lowest BCUT2D eigenvalue weighted by Crippen LogP contribution is -2.22. The van der Waals surface area contributed by atoms with E-state index >= 15 is 0 Å². The minimum absolute atomic E-state index is 0.105. The highest BCUT2D eigenvalue weighted by molar-refractivity contribution is 8.00. The van der Waals surface area contributed by atoms with Crippen molar-refractivity contribution in [3.63, 3.8) is 0 Å². The van der Waals surface area contributed by atoms with E-state index in [2.05, 4.69) is 21.7 Å². The number of hydrogen-bond acceptors (Lipinski definition) is 6. The number of aromatic nitrogens is 1. The largest absolute Gasteiger partial charge is 0.497 e. The molecule has 0 aliphatic heterocycles. The maximum Gasteiger partial charge on any atom is 0.255 e. The molecule has 0 saturated heterocycles. The number of benzene rings is 3. The summed E-state index contributed by atoms with van der Waals surface area (Å²) in [6, 6.07) is 20.4. The summed E-state index contributed by atoms with van der Waals surface area (Å²) >= 11 is 2.92. The first-order valence-corrected chi connectivity index (χ1v) is 12.0. The molecule has 2 amide bonds. The van der Waals surface area contributed by atoms with Crippen LogP contribution in [-0.2, 0) is 4.79 Å². The van der Waals surface area contributed by atoms with Gasteiger partial charge in [0.2, 0.25) is 5.91 Å². The van der Waals surface area contributed by atoms with Crippen molar-refractivity contribution in [2.45, 2.75) is 24.0 Å². The summed E-state index contributed by atoms with van der Waals surface area (Å²) in [5.74, 6) is 0.307. The number of anilines is 2. The number of ether oxygens (including phenoxy) is 1. The summed E-state index contributed by atoms with van der Waals surface area (Å²) < 4.78 is 6.22. The number of carbonyl (C=O) groups excluding carboxylic acids is 2. The van der Waals surface area contributed by atoms with Crippen LogP contribution in [0.2, 0.25) is 0 Å². The van der Waals surface area contributed by atoms with Crippen LogP contribution in [-0.4, -0.2) is 29.2 Å². The van der Waals surface area contributed by atoms with E-state index in [4.69, 9.17) is 4.74 Å². The first kappa shape index (κ1) is 22.8. The number of thiazole rings is 1. The van der Waals surface area contributed by atoms with Gasteiger partial charge in [-0.2, -0.15) is 0 Å². The molecule has 0 fully saturated rings. The topological polar surface area (TPSA) is 80.3 Å². The molecule has 1 heterocycles. The molecule has 0 aliphatic rings. The molecule has 33 heavy (non-hydrogen) atoms. The lowest BCUT2D eigenvalue weighted by Gasteiger charge is -2.11. The molecule has 1 atom stereocenters. The van der Waals surface area contributed by atoms with E-state index in [9.17, 15) is 9.59 Å². The van der Waals surface area contributed by atoms with Gasteiger partial charge >= 0.3 is 0 Å². The minimum atomic E-state index is -0.309. The first-order valence-electron chi connectivity index (χ1n) is 10.3. The van der Waals surface area contributed by atoms with Gasteiger partial charge in [-0.25, -0.2) is 4.98 Å². The van der Waals surface area contributed by atoms with Crippen LogP contribution < -0.4 is 15.4 Å². The number of nitrogens with zero attached hydrogens (tertiary/aromatic N) is 1. The number of amides is 2. The summed E-state index contributed by atoms with van der Waals surface area (Å²) in [5.41, 5.74) is 3.24. The molecular formula is C25H23N3O3S2. The standard InChI is InChI=1S/C25H23N3O3S2/c1-15-7-12-21-22(13-15)33-25(27-21)28-23(29)16(2)32-20-10-8-18(9-11-20)26-24(30)17-5-4-6-19(14-17)31-3/h4-14,16H,1-3H3,(H,26,30)(H,27,28,29). The molecule has 0 bridgehead atoms. The number of fused-ring (bicyclic) bond motifs is 1. The van der Waals surface area contributed by atoms with Gasteiger partial charge < -0.3 is 15.4 Å². The van der Waals surface area contributed by atoms with Crippen LogP contribution in [0.5, 0.6) is 5.75 Å². The van der Waals surface area contributed by atoms with E-state index in [1.807, 2.05) is 50.2 Å². The molecule has 0 aliphatic carbocycles. The normalized spacial score (nSPS) is 11.7. The quantitative estimate of drug-likeness (QED) is 0.320. The average Bonchev–Trinajstić information content (AvgIpc) is 3.21. The SMILES string of the molecule is COc1cccc(C(=O)Nc2ccc(SC(C)C(=O)Nc3nc4ccc(C)cc4s3)cc2)c1. The van der Waals surface area contributed by atoms with Gasteiger partial charge in [-0.3, -0.25) is 9.59 Å². The molecule has 4 aromatic rings. The third kappa shape index (κ3) is 5.71. The number of hydrogen-bond donors (Lipinski definition) is 2. The Bertz CT molecular complexity index is 1300. The molecule has 4 rings (SSSR count). The van der Waals surface area contributed by atoms with Crippen molar-refractivity contribution in [3.05, 3.63) is 77.9 Å². The monoisotopic (exact) mass is 477 g/mol. The predicted molar refractivity (Wildman–Crippen MR) is 136 cm³/mol. The summed E-state index contributed by atoms with van der Waals surface area (Å²) in [4.78, 5) is 30.5. The van der Waals surface area contributed by atoms with Crippen LogP contribution in [0.25, 0.3) is 10.2 Å². The molecular weight excluding hydrogens is 454 g/mol. The number of nitrogens with one attached hydrogen (secondary N) is 2. The molecule has 8 heteroatoms. The average molecular weight is 478 g/mol. The second kappa shape index (κ2) is 10.1. The Balaban J connectivity index is 1.34. The summed E-state index contributed by atoms with van der Waals surface area (Å²) in [7, 11) is 1.56. The minimum Gasteiger partial charge on any atom is -0.497 e. The van der Waals surface area contributed by atoms with Crippen molar-refractivity contribution in [2.75, 3.05) is 17.7 Å². The molecule has 1 aromatic heterocycles. The zero-order valence-corrected chi connectivity index (χ0v) is 20.0. The number of methoxy groups -OCH3 is 1. The Hall–Kier alpha value is -3.36. The Kier molecular flexibility index (Phi) is 6.96. The fourth-order valence-electron chi connectivity index (χ4n) is 3.13. The molecule has 2 N–H and O–H groups in total. The van der Waals surface area contributed by atoms with Gasteiger partial charge in [0.1, 0.15) is 5.75 Å². The first-order chi connectivity index (χ1) is 15.9. The van der Waals surface area contributed by atoms with Crippen LogP contribution in [0.1, 0.15) is 22.8 Å². The van der Waals surface area contributed by atoms with Gasteiger partial charge in [-0.1, -0.05) is 23.5 Å². The summed E-state index contributed by atoms with van der Waals surface area (Å²) in [6.45, 7) is 3.89. The van der Waals surface area contributed by atoms with Crippen LogP contribution in [0, 0.1) is 6.92 Å². The Morgan fingerprint density at radius 3 is 2.58 bits per heavy atom. The second-order valence-electron chi connectivity index (χ2n) is 7.45. The summed E-state index contributed by atoms with van der Waals surface area (Å²) in [5, 5.41) is 6.08. The van der Waals surface area contributed by atoms with Crippen molar-refractivity contribution in [1.82, 2.24) is 4.98 Å². The number of aryl methyl sites for hydroxylation is 1. The van der Waals surface area contributed by atoms with Crippen molar-refractivity contribution in [3.8, 4) is 5.75 Å². The van der Waals surface area contributed by atoms with Gasteiger partial charge in [-0.05, 0) is 74.0 Å². The molecule has 6 nitrogen and oxygen atoms in total. The zero-order chi connectivity index (χ0) is 23.4. The van der Waals surface area contributed by atoms with Crippen LogP contribution in [0.3, 0.4) is 0 Å². The molecule has 0 radical (unpaired) electrons. The molecule has 1 unspecified atom stereocenters. The van der Waals surface area contributed by atoms with Crippen molar-refractivity contribution in [1.29, 1.82) is 0 Å². The Morgan fingerprint density at radius 2 is 1.82 bits per heavy atom. The van der Waals surface area contributed by atoms with Gasteiger partial charge in [0.25, 0.3) is 5.91 Å². The fraction of sp³-hybridized carbons (Fsp3) is 0.160.